The number of nitrogens with one attached hydrogen (secondary N) is 1. The molecule has 6 heteroatoms. The molecule has 0 atom stereocenters. The average Bonchev–Trinajstić information content (AvgIpc) is 2.78. The van der Waals surface area contributed by atoms with E-state index in [1.54, 1.807) is 36.4 Å². The van der Waals surface area contributed by atoms with Crippen LogP contribution in [0, 0.1) is 11.7 Å². The Balaban J connectivity index is 1.91. The Morgan fingerprint density at radius 1 is 1.10 bits per heavy atom. The van der Waals surface area contributed by atoms with Crippen LogP contribution in [0.4, 0.5) is 10.1 Å². The second-order valence-electron chi connectivity index (χ2n) is 8.48. The molecule has 0 unspecified atom stereocenters. The molecule has 0 spiro atoms. The predicted molar refractivity (Wildman–Crippen MR) is 118 cm³/mol. The summed E-state index contributed by atoms with van der Waals surface area (Å²) >= 11 is 0. The minimum Gasteiger partial charge on any atom is -0.492 e. The Labute approximate surface area is 182 Å². The maximum atomic E-state index is 14.7. The van der Waals surface area contributed by atoms with Crippen LogP contribution in [0.3, 0.4) is 0 Å². The number of hydrogen-bond donors (Lipinski definition) is 1. The molecule has 1 N–H and O–H groups in total. The maximum Gasteiger partial charge on any atom is 0.341 e. The van der Waals surface area contributed by atoms with Crippen molar-refractivity contribution in [2.75, 3.05) is 19.0 Å². The number of amides is 1. The van der Waals surface area contributed by atoms with E-state index in [1.807, 2.05) is 13.8 Å². The lowest BCUT2D eigenvalue weighted by molar-refractivity contribution is -0.122. The first-order chi connectivity index (χ1) is 14.9. The van der Waals surface area contributed by atoms with E-state index < -0.39 is 11.4 Å². The molecule has 2 aromatic carbocycles. The molecule has 31 heavy (non-hydrogen) atoms. The van der Waals surface area contributed by atoms with Crippen molar-refractivity contribution < 1.29 is 23.5 Å². The second-order valence-corrected chi connectivity index (χ2v) is 8.48. The third kappa shape index (κ3) is 5.06. The van der Waals surface area contributed by atoms with Gasteiger partial charge in [0.2, 0.25) is 5.91 Å². The van der Waals surface area contributed by atoms with Crippen LogP contribution in [0.15, 0.2) is 42.5 Å². The molecule has 0 aliphatic heterocycles. The van der Waals surface area contributed by atoms with E-state index in [0.717, 1.165) is 19.3 Å². The Morgan fingerprint density at radius 2 is 1.81 bits per heavy atom. The topological polar surface area (TPSA) is 64.6 Å². The maximum absolute atomic E-state index is 14.7. The summed E-state index contributed by atoms with van der Waals surface area (Å²) in [4.78, 5) is 25.8. The summed E-state index contributed by atoms with van der Waals surface area (Å²) in [6.45, 7) is 4.48. The van der Waals surface area contributed by atoms with Gasteiger partial charge in [0.1, 0.15) is 17.1 Å². The number of carbonyl (C=O) groups is 2. The molecule has 1 amide bonds. The van der Waals surface area contributed by atoms with Gasteiger partial charge in [-0.1, -0.05) is 51.3 Å². The van der Waals surface area contributed by atoms with Crippen molar-refractivity contribution >= 4 is 17.6 Å². The van der Waals surface area contributed by atoms with Gasteiger partial charge in [0, 0.05) is 11.3 Å². The summed E-state index contributed by atoms with van der Waals surface area (Å²) in [6.07, 6.45) is 3.91. The van der Waals surface area contributed by atoms with E-state index in [-0.39, 0.29) is 23.2 Å². The summed E-state index contributed by atoms with van der Waals surface area (Å²) in [7, 11) is 1.30. The van der Waals surface area contributed by atoms with Crippen LogP contribution < -0.4 is 10.1 Å². The quantitative estimate of drug-likeness (QED) is 0.594. The van der Waals surface area contributed by atoms with Crippen molar-refractivity contribution in [3.05, 3.63) is 59.4 Å². The van der Waals surface area contributed by atoms with Gasteiger partial charge in [-0.05, 0) is 43.0 Å². The summed E-state index contributed by atoms with van der Waals surface area (Å²) in [6, 6.07) is 11.4. The molecule has 0 radical (unpaired) electrons. The van der Waals surface area contributed by atoms with Crippen molar-refractivity contribution in [3.63, 3.8) is 0 Å². The zero-order valence-corrected chi connectivity index (χ0v) is 18.4. The van der Waals surface area contributed by atoms with Gasteiger partial charge in [-0.25, -0.2) is 9.18 Å². The molecule has 1 saturated carbocycles. The van der Waals surface area contributed by atoms with E-state index in [1.165, 1.54) is 13.2 Å². The van der Waals surface area contributed by atoms with E-state index in [9.17, 15) is 14.0 Å². The summed E-state index contributed by atoms with van der Waals surface area (Å²) in [5.74, 6) is -0.482. The Kier molecular flexibility index (Phi) is 7.31. The molecular weight excluding hydrogens is 397 g/mol. The van der Waals surface area contributed by atoms with Crippen LogP contribution in [0.1, 0.15) is 61.9 Å². The first kappa shape index (κ1) is 22.8. The molecule has 0 aromatic heterocycles. The predicted octanol–water partition coefficient (Wildman–Crippen LogP) is 5.49. The zero-order chi connectivity index (χ0) is 22.4. The number of methoxy groups -OCH3 is 1. The minimum atomic E-state index is -0.929. The molecule has 1 aliphatic carbocycles. The van der Waals surface area contributed by atoms with Gasteiger partial charge in [0.05, 0.1) is 19.1 Å². The monoisotopic (exact) mass is 427 g/mol. The van der Waals surface area contributed by atoms with E-state index in [0.29, 0.717) is 36.4 Å². The lowest BCUT2D eigenvalue weighted by atomic mass is 9.68. The number of halogens is 1. The fourth-order valence-electron chi connectivity index (χ4n) is 4.13. The van der Waals surface area contributed by atoms with E-state index >= 15 is 0 Å². The standard InChI is InChI=1S/C25H30FNO4/c1-17(2)16-31-22-12-11-18(15-19(22)23(28)30-3)27-24(29)25(13-7-4-8-14-25)20-9-5-6-10-21(20)26/h5-6,9-12,15,17H,4,7-8,13-14,16H2,1-3H3,(H,27,29). The number of benzene rings is 2. The van der Waals surface area contributed by atoms with Gasteiger partial charge in [-0.3, -0.25) is 4.79 Å². The number of ether oxygens (including phenoxy) is 2. The van der Waals surface area contributed by atoms with Crippen LogP contribution in [-0.4, -0.2) is 25.6 Å². The number of anilines is 1. The third-order valence-electron chi connectivity index (χ3n) is 5.75. The largest absolute Gasteiger partial charge is 0.492 e. The van der Waals surface area contributed by atoms with Crippen molar-refractivity contribution in [2.45, 2.75) is 51.4 Å². The molecule has 0 saturated heterocycles. The summed E-state index contributed by atoms with van der Waals surface area (Å²) < 4.78 is 25.3. The molecule has 0 heterocycles. The molecule has 0 bridgehead atoms. The highest BCUT2D eigenvalue weighted by Crippen LogP contribution is 2.41. The Hall–Kier alpha value is -2.89. The molecular formula is C25H30FNO4. The Morgan fingerprint density at radius 3 is 2.45 bits per heavy atom. The fraction of sp³-hybridized carbons (Fsp3) is 0.440. The van der Waals surface area contributed by atoms with E-state index in [2.05, 4.69) is 5.32 Å². The van der Waals surface area contributed by atoms with Crippen LogP contribution >= 0.6 is 0 Å². The summed E-state index contributed by atoms with van der Waals surface area (Å²) in [5, 5.41) is 2.92. The number of rotatable bonds is 7. The van der Waals surface area contributed by atoms with Crippen LogP contribution in [-0.2, 0) is 14.9 Å². The second kappa shape index (κ2) is 9.94. The molecule has 3 rings (SSSR count). The average molecular weight is 428 g/mol. The van der Waals surface area contributed by atoms with Gasteiger partial charge >= 0.3 is 5.97 Å². The zero-order valence-electron chi connectivity index (χ0n) is 18.4. The highest BCUT2D eigenvalue weighted by molar-refractivity contribution is 6.01. The van der Waals surface area contributed by atoms with Crippen LogP contribution in [0.2, 0.25) is 0 Å². The molecule has 1 aliphatic rings. The van der Waals surface area contributed by atoms with Crippen molar-refractivity contribution in [3.8, 4) is 5.75 Å². The number of hydrogen-bond acceptors (Lipinski definition) is 4. The van der Waals surface area contributed by atoms with E-state index in [4.69, 9.17) is 9.47 Å². The van der Waals surface area contributed by atoms with Gasteiger partial charge < -0.3 is 14.8 Å². The highest BCUT2D eigenvalue weighted by atomic mass is 19.1. The number of carbonyl (C=O) groups excluding carboxylic acids is 2. The van der Waals surface area contributed by atoms with Gasteiger partial charge in [0.15, 0.2) is 0 Å². The van der Waals surface area contributed by atoms with Gasteiger partial charge in [0.25, 0.3) is 0 Å². The first-order valence-corrected chi connectivity index (χ1v) is 10.8. The first-order valence-electron chi connectivity index (χ1n) is 10.8. The van der Waals surface area contributed by atoms with Crippen molar-refractivity contribution in [1.82, 2.24) is 0 Å². The third-order valence-corrected chi connectivity index (χ3v) is 5.75. The molecule has 5 nitrogen and oxygen atoms in total. The minimum absolute atomic E-state index is 0.240. The fourth-order valence-corrected chi connectivity index (χ4v) is 4.13. The van der Waals surface area contributed by atoms with Crippen LogP contribution in [0.5, 0.6) is 5.75 Å². The molecule has 2 aromatic rings. The lowest BCUT2D eigenvalue weighted by Gasteiger charge is -2.36. The van der Waals surface area contributed by atoms with Gasteiger partial charge in [-0.15, -0.1) is 0 Å². The van der Waals surface area contributed by atoms with Crippen LogP contribution in [0.25, 0.3) is 0 Å². The summed E-state index contributed by atoms with van der Waals surface area (Å²) in [5.41, 5.74) is 0.187. The van der Waals surface area contributed by atoms with Gasteiger partial charge in [-0.2, -0.15) is 0 Å². The molecule has 166 valence electrons. The Bertz CT molecular complexity index is 935. The smallest absolute Gasteiger partial charge is 0.341 e. The lowest BCUT2D eigenvalue weighted by Crippen LogP contribution is -2.42. The molecule has 1 fully saturated rings. The number of esters is 1. The normalized spacial score (nSPS) is 15.4. The highest BCUT2D eigenvalue weighted by Gasteiger charge is 2.42. The van der Waals surface area contributed by atoms with Crippen molar-refractivity contribution in [1.29, 1.82) is 0 Å². The SMILES string of the molecule is COC(=O)c1cc(NC(=O)C2(c3ccccc3F)CCCCC2)ccc1OCC(C)C. The van der Waals surface area contributed by atoms with Crippen molar-refractivity contribution in [2.24, 2.45) is 5.92 Å².